The lowest BCUT2D eigenvalue weighted by Crippen LogP contribution is -2.14. The van der Waals surface area contributed by atoms with Gasteiger partial charge in [0.1, 0.15) is 11.5 Å². The van der Waals surface area contributed by atoms with Gasteiger partial charge in [-0.15, -0.1) is 0 Å². The summed E-state index contributed by atoms with van der Waals surface area (Å²) in [4.78, 5) is 20.2. The van der Waals surface area contributed by atoms with Crippen LogP contribution in [-0.4, -0.2) is 20.4 Å². The van der Waals surface area contributed by atoms with Gasteiger partial charge in [-0.1, -0.05) is 24.3 Å². The summed E-state index contributed by atoms with van der Waals surface area (Å²) in [6, 6.07) is 5.35. The van der Waals surface area contributed by atoms with E-state index >= 15 is 0 Å². The lowest BCUT2D eigenvalue weighted by Gasteiger charge is -2.04. The molecule has 0 fully saturated rings. The number of nitrogens with two attached hydrogens (primary N) is 1. The summed E-state index contributed by atoms with van der Waals surface area (Å²) >= 11 is 0. The maximum absolute atomic E-state index is 11.2. The summed E-state index contributed by atoms with van der Waals surface area (Å²) in [7, 11) is 2.01. The molecule has 3 rings (SSSR count). The van der Waals surface area contributed by atoms with E-state index in [2.05, 4.69) is 34.0 Å². The maximum atomic E-state index is 11.2. The summed E-state index contributed by atoms with van der Waals surface area (Å²) in [6.45, 7) is 0. The smallest absolute Gasteiger partial charge is 0.267 e. The van der Waals surface area contributed by atoms with E-state index in [0.29, 0.717) is 5.69 Å². The van der Waals surface area contributed by atoms with Gasteiger partial charge in [-0.25, -0.2) is 9.97 Å². The predicted octanol–water partition coefficient (Wildman–Crippen LogP) is 2.43. The fourth-order valence-electron chi connectivity index (χ4n) is 2.70. The molecule has 118 valence electrons. The first-order valence-corrected chi connectivity index (χ1v) is 7.77. The van der Waals surface area contributed by atoms with Gasteiger partial charge in [0.05, 0.1) is 5.69 Å². The van der Waals surface area contributed by atoms with Crippen molar-refractivity contribution in [1.82, 2.24) is 14.5 Å². The normalized spacial score (nSPS) is 13.9. The topological polar surface area (TPSA) is 73.8 Å². The van der Waals surface area contributed by atoms with Crippen LogP contribution in [0.2, 0.25) is 0 Å². The number of amides is 1. The molecule has 0 radical (unpaired) electrons. The van der Waals surface area contributed by atoms with Gasteiger partial charge in [0.25, 0.3) is 5.91 Å². The van der Waals surface area contributed by atoms with Crippen molar-refractivity contribution in [2.45, 2.75) is 25.7 Å². The Bertz CT molecular complexity index is 786. The Morgan fingerprint density at radius 1 is 1.30 bits per heavy atom. The quantitative estimate of drug-likeness (QED) is 0.922. The van der Waals surface area contributed by atoms with Crippen molar-refractivity contribution >= 4 is 11.5 Å². The number of allylic oxidation sites excluding steroid dienone is 4. The van der Waals surface area contributed by atoms with Gasteiger partial charge in [0, 0.05) is 25.4 Å². The largest absolute Gasteiger partial charge is 0.364 e. The Labute approximate surface area is 135 Å². The van der Waals surface area contributed by atoms with Crippen LogP contribution in [0.25, 0.3) is 5.57 Å². The number of carbonyl (C=O) groups is 1. The van der Waals surface area contributed by atoms with Crippen molar-refractivity contribution in [1.29, 1.82) is 0 Å². The van der Waals surface area contributed by atoms with Crippen LogP contribution < -0.4 is 5.73 Å². The Balaban J connectivity index is 1.72. The fourth-order valence-corrected chi connectivity index (χ4v) is 2.70. The highest BCUT2D eigenvalue weighted by Crippen LogP contribution is 2.22. The Hall–Kier alpha value is -2.69. The Kier molecular flexibility index (Phi) is 4.37. The van der Waals surface area contributed by atoms with E-state index in [1.165, 1.54) is 5.57 Å². The molecule has 0 spiro atoms. The highest BCUT2D eigenvalue weighted by molar-refractivity contribution is 5.90. The minimum Gasteiger partial charge on any atom is -0.364 e. The van der Waals surface area contributed by atoms with Gasteiger partial charge in [0.2, 0.25) is 0 Å². The van der Waals surface area contributed by atoms with Crippen molar-refractivity contribution in [3.05, 3.63) is 65.5 Å². The maximum Gasteiger partial charge on any atom is 0.267 e. The molecule has 23 heavy (non-hydrogen) atoms. The minimum atomic E-state index is -0.497. The second kappa shape index (κ2) is 6.60. The van der Waals surface area contributed by atoms with Crippen LogP contribution in [-0.2, 0) is 19.9 Å². The average molecular weight is 308 g/mol. The van der Waals surface area contributed by atoms with E-state index in [4.69, 9.17) is 10.7 Å². The second-order valence-corrected chi connectivity index (χ2v) is 5.69. The summed E-state index contributed by atoms with van der Waals surface area (Å²) in [5.41, 5.74) is 8.76. The number of primary amides is 1. The van der Waals surface area contributed by atoms with E-state index in [1.54, 1.807) is 6.07 Å². The lowest BCUT2D eigenvalue weighted by molar-refractivity contribution is 0.0995. The number of hydrogen-bond acceptors (Lipinski definition) is 3. The third-order valence-electron chi connectivity index (χ3n) is 3.98. The van der Waals surface area contributed by atoms with Gasteiger partial charge in [0.15, 0.2) is 0 Å². The first-order valence-electron chi connectivity index (χ1n) is 7.77. The molecule has 0 aromatic carbocycles. The van der Waals surface area contributed by atoms with Crippen LogP contribution in [0.4, 0.5) is 0 Å². The van der Waals surface area contributed by atoms with Gasteiger partial charge in [-0.3, -0.25) is 4.79 Å². The van der Waals surface area contributed by atoms with Crippen molar-refractivity contribution in [2.75, 3.05) is 0 Å². The summed E-state index contributed by atoms with van der Waals surface area (Å²) in [5, 5.41) is 0. The lowest BCUT2D eigenvalue weighted by atomic mass is 10.0. The molecule has 0 bridgehead atoms. The molecule has 2 heterocycles. The van der Waals surface area contributed by atoms with E-state index in [1.807, 2.05) is 19.2 Å². The van der Waals surface area contributed by atoms with Crippen molar-refractivity contribution < 1.29 is 4.79 Å². The minimum absolute atomic E-state index is 0.308. The van der Waals surface area contributed by atoms with E-state index in [-0.39, 0.29) is 0 Å². The van der Waals surface area contributed by atoms with Gasteiger partial charge in [-0.2, -0.15) is 0 Å². The summed E-state index contributed by atoms with van der Waals surface area (Å²) < 4.78 is 2.06. The molecule has 2 N–H and O–H groups in total. The zero-order chi connectivity index (χ0) is 16.2. The van der Waals surface area contributed by atoms with Crippen molar-refractivity contribution in [3.8, 4) is 0 Å². The van der Waals surface area contributed by atoms with Crippen molar-refractivity contribution in [3.63, 3.8) is 0 Å². The molecule has 0 atom stereocenters. The third-order valence-corrected chi connectivity index (χ3v) is 3.98. The number of aryl methyl sites for hydroxylation is 3. The van der Waals surface area contributed by atoms with Gasteiger partial charge >= 0.3 is 0 Å². The zero-order valence-corrected chi connectivity index (χ0v) is 13.2. The Morgan fingerprint density at radius 3 is 2.91 bits per heavy atom. The van der Waals surface area contributed by atoms with Crippen LogP contribution in [0.15, 0.2) is 42.6 Å². The molecular weight excluding hydrogens is 288 g/mol. The Morgan fingerprint density at radius 2 is 2.17 bits per heavy atom. The molecule has 5 nitrogen and oxygen atoms in total. The molecule has 0 aliphatic heterocycles. The molecule has 5 heteroatoms. The first kappa shape index (κ1) is 15.2. The fraction of sp³-hybridized carbons (Fsp3) is 0.278. The average Bonchev–Trinajstić information content (AvgIpc) is 2.95. The van der Waals surface area contributed by atoms with Crippen LogP contribution in [0.5, 0.6) is 0 Å². The highest BCUT2D eigenvalue weighted by atomic mass is 16.1. The summed E-state index contributed by atoms with van der Waals surface area (Å²) in [6.07, 6.45) is 12.1. The number of aromatic nitrogens is 3. The number of pyridine rings is 1. The van der Waals surface area contributed by atoms with Crippen LogP contribution in [0, 0.1) is 0 Å². The number of hydrogen-bond donors (Lipinski definition) is 1. The predicted molar refractivity (Wildman–Crippen MR) is 89.7 cm³/mol. The monoisotopic (exact) mass is 308 g/mol. The van der Waals surface area contributed by atoms with Crippen LogP contribution >= 0.6 is 0 Å². The molecule has 0 saturated heterocycles. The molecule has 1 aliphatic carbocycles. The summed E-state index contributed by atoms with van der Waals surface area (Å²) in [5.74, 6) is 0.519. The molecule has 0 unspecified atom stereocenters. The SMILES string of the molecule is Cn1cc(C2=CC=CCC2)nc1CCc1cccc(C(N)=O)n1. The van der Waals surface area contributed by atoms with E-state index in [9.17, 15) is 4.79 Å². The third kappa shape index (κ3) is 3.56. The number of carbonyl (C=O) groups excluding carboxylic acids is 1. The second-order valence-electron chi connectivity index (χ2n) is 5.69. The number of nitrogens with zero attached hydrogens (tertiary/aromatic N) is 3. The molecule has 1 aliphatic rings. The van der Waals surface area contributed by atoms with Crippen molar-refractivity contribution in [2.24, 2.45) is 12.8 Å². The standard InChI is InChI=1S/C18H20N4O/c1-22-12-16(13-6-3-2-4-7-13)21-17(22)11-10-14-8-5-9-15(20-14)18(19)23/h2-3,5-6,8-9,12H,4,7,10-11H2,1H3,(H2,19,23). The van der Waals surface area contributed by atoms with Crippen LogP contribution in [0.3, 0.4) is 0 Å². The first-order chi connectivity index (χ1) is 11.1. The van der Waals surface area contributed by atoms with Gasteiger partial charge < -0.3 is 10.3 Å². The number of imidazole rings is 1. The molecule has 2 aromatic heterocycles. The van der Waals surface area contributed by atoms with E-state index < -0.39 is 5.91 Å². The number of rotatable bonds is 5. The molecule has 2 aromatic rings. The van der Waals surface area contributed by atoms with Crippen LogP contribution in [0.1, 0.15) is 40.5 Å². The molecule has 0 saturated carbocycles. The van der Waals surface area contributed by atoms with E-state index in [0.717, 1.165) is 42.9 Å². The zero-order valence-electron chi connectivity index (χ0n) is 13.2. The molecular formula is C18H20N4O. The molecule has 1 amide bonds. The van der Waals surface area contributed by atoms with Gasteiger partial charge in [-0.05, 0) is 37.0 Å². The highest BCUT2D eigenvalue weighted by Gasteiger charge is 2.11.